The van der Waals surface area contributed by atoms with E-state index in [-0.39, 0.29) is 11.9 Å². The Labute approximate surface area is 192 Å². The lowest BCUT2D eigenvalue weighted by Crippen LogP contribution is -2.47. The average molecular weight is 452 g/mol. The van der Waals surface area contributed by atoms with Crippen molar-refractivity contribution in [1.29, 1.82) is 0 Å². The maximum atomic E-state index is 13.3. The van der Waals surface area contributed by atoms with Gasteiger partial charge >= 0.3 is 6.09 Å². The van der Waals surface area contributed by atoms with Gasteiger partial charge in [-0.2, -0.15) is 5.10 Å². The van der Waals surface area contributed by atoms with Gasteiger partial charge in [0.25, 0.3) is 5.91 Å². The number of alkyl carbamates (subject to hydrolysis) is 1. The predicted molar refractivity (Wildman–Crippen MR) is 125 cm³/mol. The Morgan fingerprint density at radius 3 is 2.64 bits per heavy atom. The molecular formula is C23H29N7O3. The molecule has 3 heterocycles. The molecule has 0 atom stereocenters. The van der Waals surface area contributed by atoms with Gasteiger partial charge in [0.15, 0.2) is 5.82 Å². The van der Waals surface area contributed by atoms with Crippen LogP contribution in [0.1, 0.15) is 44.0 Å². The third kappa shape index (κ3) is 5.33. The summed E-state index contributed by atoms with van der Waals surface area (Å²) in [6.45, 7) is 6.55. The highest BCUT2D eigenvalue weighted by molar-refractivity contribution is 6.04. The van der Waals surface area contributed by atoms with Crippen LogP contribution < -0.4 is 16.4 Å². The first-order chi connectivity index (χ1) is 15.7. The number of anilines is 3. The number of ether oxygens (including phenoxy) is 1. The number of fused-ring (bicyclic) bond motifs is 1. The molecule has 4 rings (SSSR count). The van der Waals surface area contributed by atoms with Gasteiger partial charge in [-0.3, -0.25) is 4.79 Å². The summed E-state index contributed by atoms with van der Waals surface area (Å²) < 4.78 is 6.96. The summed E-state index contributed by atoms with van der Waals surface area (Å²) in [6, 6.07) is 9.04. The number of aromatic nitrogens is 3. The van der Waals surface area contributed by atoms with E-state index < -0.39 is 11.7 Å². The van der Waals surface area contributed by atoms with Crippen LogP contribution in [0.5, 0.6) is 0 Å². The summed E-state index contributed by atoms with van der Waals surface area (Å²) in [5.41, 5.74) is 7.84. The highest BCUT2D eigenvalue weighted by Gasteiger charge is 2.28. The molecule has 2 amide bonds. The summed E-state index contributed by atoms with van der Waals surface area (Å²) in [5, 5.41) is 10.4. The number of hydrogen-bond donors (Lipinski definition) is 3. The standard InChI is InChI=1S/C23H29N7O3/c1-23(2,3)33-22(32)28-16-7-10-29(11-8-16)21(31)18-9-12-30-19(18)20(25-14-26-30)27-17-6-4-5-15(24)13-17/h4-6,9,12-14,16H,7-8,10-11,24H2,1-3H3,(H,28,32)(H,25,26,27). The molecule has 33 heavy (non-hydrogen) atoms. The molecule has 1 aromatic carbocycles. The SMILES string of the molecule is CC(C)(C)OC(=O)NC1CCN(C(=O)c2ccn3ncnc(Nc4cccc(N)c4)c23)CC1. The van der Waals surface area contributed by atoms with Crippen molar-refractivity contribution < 1.29 is 14.3 Å². The van der Waals surface area contributed by atoms with Crippen LogP contribution in [0, 0.1) is 0 Å². The molecule has 1 saturated heterocycles. The molecule has 1 fully saturated rings. The van der Waals surface area contributed by atoms with Gasteiger partial charge in [0.1, 0.15) is 17.4 Å². The molecule has 0 spiro atoms. The maximum absolute atomic E-state index is 13.3. The Morgan fingerprint density at radius 2 is 1.94 bits per heavy atom. The third-order valence-corrected chi connectivity index (χ3v) is 5.34. The van der Waals surface area contributed by atoms with Crippen LogP contribution in [0.4, 0.5) is 22.0 Å². The van der Waals surface area contributed by atoms with Crippen molar-refractivity contribution in [3.05, 3.63) is 48.4 Å². The Bertz CT molecular complexity index is 1160. The van der Waals surface area contributed by atoms with E-state index in [4.69, 9.17) is 10.5 Å². The molecule has 3 aromatic rings. The number of hydrogen-bond acceptors (Lipinski definition) is 7. The van der Waals surface area contributed by atoms with Crippen molar-refractivity contribution in [2.75, 3.05) is 24.1 Å². The largest absolute Gasteiger partial charge is 0.444 e. The van der Waals surface area contributed by atoms with E-state index in [0.717, 1.165) is 5.69 Å². The number of carbonyl (C=O) groups is 2. The topological polar surface area (TPSA) is 127 Å². The minimum Gasteiger partial charge on any atom is -0.444 e. The highest BCUT2D eigenvalue weighted by atomic mass is 16.6. The molecule has 1 aliphatic rings. The van der Waals surface area contributed by atoms with Crippen molar-refractivity contribution in [2.45, 2.75) is 45.3 Å². The van der Waals surface area contributed by atoms with Gasteiger partial charge in [0.2, 0.25) is 0 Å². The molecule has 0 unspecified atom stereocenters. The fraction of sp³-hybridized carbons (Fsp3) is 0.391. The summed E-state index contributed by atoms with van der Waals surface area (Å²) in [5.74, 6) is 0.420. The first-order valence-electron chi connectivity index (χ1n) is 10.9. The molecule has 2 aromatic heterocycles. The molecule has 4 N–H and O–H groups in total. The second-order valence-electron chi connectivity index (χ2n) is 9.09. The third-order valence-electron chi connectivity index (χ3n) is 5.34. The summed E-state index contributed by atoms with van der Waals surface area (Å²) >= 11 is 0. The molecule has 1 aliphatic heterocycles. The molecule has 0 saturated carbocycles. The van der Waals surface area contributed by atoms with Crippen LogP contribution in [-0.4, -0.2) is 56.2 Å². The zero-order chi connectivity index (χ0) is 23.6. The normalized spacial score (nSPS) is 14.8. The average Bonchev–Trinajstić information content (AvgIpc) is 3.18. The smallest absolute Gasteiger partial charge is 0.407 e. The van der Waals surface area contributed by atoms with Crippen molar-refractivity contribution in [3.8, 4) is 0 Å². The molecular weight excluding hydrogens is 422 g/mol. The minimum absolute atomic E-state index is 0.0289. The summed E-state index contributed by atoms with van der Waals surface area (Å²) in [7, 11) is 0. The molecule has 174 valence electrons. The Balaban J connectivity index is 1.46. The van der Waals surface area contributed by atoms with Gasteiger partial charge < -0.3 is 26.0 Å². The number of nitrogen functional groups attached to an aromatic ring is 1. The van der Waals surface area contributed by atoms with Gasteiger partial charge in [0.05, 0.1) is 5.56 Å². The lowest BCUT2D eigenvalue weighted by molar-refractivity contribution is 0.0474. The second-order valence-corrected chi connectivity index (χ2v) is 9.09. The summed E-state index contributed by atoms with van der Waals surface area (Å²) in [6.07, 6.45) is 4.05. The highest BCUT2D eigenvalue weighted by Crippen LogP contribution is 2.26. The number of likely N-dealkylation sites (tertiary alicyclic amines) is 1. The van der Waals surface area contributed by atoms with Gasteiger partial charge in [0, 0.05) is 36.7 Å². The van der Waals surface area contributed by atoms with E-state index in [1.807, 2.05) is 32.9 Å². The summed E-state index contributed by atoms with van der Waals surface area (Å²) in [4.78, 5) is 31.5. The fourth-order valence-electron chi connectivity index (χ4n) is 3.84. The second kappa shape index (κ2) is 8.97. The van der Waals surface area contributed by atoms with E-state index in [0.29, 0.717) is 48.5 Å². The lowest BCUT2D eigenvalue weighted by atomic mass is 10.0. The van der Waals surface area contributed by atoms with Crippen LogP contribution in [0.15, 0.2) is 42.9 Å². The maximum Gasteiger partial charge on any atom is 0.407 e. The number of nitrogens with two attached hydrogens (primary N) is 1. The molecule has 10 heteroatoms. The molecule has 0 bridgehead atoms. The minimum atomic E-state index is -0.545. The van der Waals surface area contributed by atoms with Crippen LogP contribution in [0.3, 0.4) is 0 Å². The predicted octanol–water partition coefficient (Wildman–Crippen LogP) is 3.18. The Morgan fingerprint density at radius 1 is 1.18 bits per heavy atom. The number of nitrogens with one attached hydrogen (secondary N) is 2. The monoisotopic (exact) mass is 451 g/mol. The van der Waals surface area contributed by atoms with Gasteiger partial charge in [-0.25, -0.2) is 14.3 Å². The lowest BCUT2D eigenvalue weighted by Gasteiger charge is -2.32. The quantitative estimate of drug-likeness (QED) is 0.520. The molecule has 0 aliphatic carbocycles. The van der Waals surface area contributed by atoms with Gasteiger partial charge in [-0.05, 0) is 57.9 Å². The fourth-order valence-corrected chi connectivity index (χ4v) is 3.84. The van der Waals surface area contributed by atoms with E-state index >= 15 is 0 Å². The van der Waals surface area contributed by atoms with Crippen LogP contribution in [0.25, 0.3) is 5.52 Å². The van der Waals surface area contributed by atoms with E-state index in [9.17, 15) is 9.59 Å². The Hall–Kier alpha value is -3.82. The zero-order valence-electron chi connectivity index (χ0n) is 19.0. The zero-order valence-corrected chi connectivity index (χ0v) is 19.0. The van der Waals surface area contributed by atoms with Crippen molar-refractivity contribution >= 4 is 34.7 Å². The van der Waals surface area contributed by atoms with Crippen molar-refractivity contribution in [1.82, 2.24) is 24.8 Å². The number of amides is 2. The first-order valence-corrected chi connectivity index (χ1v) is 10.9. The molecule has 10 nitrogen and oxygen atoms in total. The van der Waals surface area contributed by atoms with E-state index in [2.05, 4.69) is 20.7 Å². The number of rotatable bonds is 4. The van der Waals surface area contributed by atoms with E-state index in [1.54, 1.807) is 33.8 Å². The number of carbonyl (C=O) groups excluding carboxylic acids is 2. The first kappa shape index (κ1) is 22.4. The van der Waals surface area contributed by atoms with Gasteiger partial charge in [-0.15, -0.1) is 0 Å². The Kier molecular flexibility index (Phi) is 6.08. The number of piperidine rings is 1. The van der Waals surface area contributed by atoms with Crippen LogP contribution >= 0.6 is 0 Å². The van der Waals surface area contributed by atoms with Crippen LogP contribution in [0.2, 0.25) is 0 Å². The van der Waals surface area contributed by atoms with Gasteiger partial charge in [-0.1, -0.05) is 6.07 Å². The van der Waals surface area contributed by atoms with E-state index in [1.165, 1.54) is 6.33 Å². The number of nitrogens with zero attached hydrogens (tertiary/aromatic N) is 4. The number of benzene rings is 1. The molecule has 0 radical (unpaired) electrons. The van der Waals surface area contributed by atoms with Crippen LogP contribution in [-0.2, 0) is 4.74 Å². The van der Waals surface area contributed by atoms with Crippen molar-refractivity contribution in [2.24, 2.45) is 0 Å². The van der Waals surface area contributed by atoms with Crippen molar-refractivity contribution in [3.63, 3.8) is 0 Å².